The summed E-state index contributed by atoms with van der Waals surface area (Å²) in [7, 11) is 0. The SMILES string of the molecule is CC1C/C=C(C2C=Cc3oc4ccccc4c3C2C)/N=C(c2ccc(-n3c4cc5ccccc5cc4c4cc5ccccc5cc43)c3oc4ccccc4c23)\N=C/1c1ccc2ccccc2c1. The van der Waals surface area contributed by atoms with E-state index in [0.717, 1.165) is 84.3 Å². The number of para-hydroxylation sites is 2. The number of hydrogen-bond donors (Lipinski definition) is 0. The first kappa shape index (κ1) is 38.0. The van der Waals surface area contributed by atoms with E-state index in [1.54, 1.807) is 0 Å². The number of rotatable bonds is 4. The van der Waals surface area contributed by atoms with Crippen molar-refractivity contribution < 1.29 is 8.83 Å². The lowest BCUT2D eigenvalue weighted by atomic mass is 9.79. The van der Waals surface area contributed by atoms with Crippen LogP contribution in [0, 0.1) is 11.8 Å². The van der Waals surface area contributed by atoms with Gasteiger partial charge in [-0.1, -0.05) is 147 Å². The molecule has 2 aliphatic rings. The number of aromatic nitrogens is 1. The predicted octanol–water partition coefficient (Wildman–Crippen LogP) is 16.5. The quantitative estimate of drug-likeness (QED) is 0.177. The lowest BCUT2D eigenvalue weighted by Crippen LogP contribution is -2.20. The second-order valence-electron chi connectivity index (χ2n) is 18.5. The number of amidine groups is 1. The maximum absolute atomic E-state index is 7.12. The van der Waals surface area contributed by atoms with E-state index in [-0.39, 0.29) is 17.8 Å². The highest BCUT2D eigenvalue weighted by atomic mass is 16.3. The average molecular weight is 862 g/mol. The second kappa shape index (κ2) is 14.6. The third-order valence-electron chi connectivity index (χ3n) is 14.6. The number of benzene rings is 9. The summed E-state index contributed by atoms with van der Waals surface area (Å²) in [6.07, 6.45) is 7.60. The van der Waals surface area contributed by atoms with Gasteiger partial charge in [-0.25, -0.2) is 9.98 Å². The van der Waals surface area contributed by atoms with E-state index >= 15 is 0 Å². The number of hydrogen-bond acceptors (Lipinski definition) is 4. The normalized spacial score (nSPS) is 20.0. The maximum atomic E-state index is 7.12. The molecule has 3 atom stereocenters. The molecule has 0 spiro atoms. The summed E-state index contributed by atoms with van der Waals surface area (Å²) in [4.78, 5) is 11.5. The smallest absolute Gasteiger partial charge is 0.160 e. The lowest BCUT2D eigenvalue weighted by Gasteiger charge is -2.27. The van der Waals surface area contributed by atoms with Crippen molar-refractivity contribution >= 4 is 105 Å². The van der Waals surface area contributed by atoms with Gasteiger partial charge < -0.3 is 13.4 Å². The van der Waals surface area contributed by atoms with Gasteiger partial charge in [-0.3, -0.25) is 0 Å². The minimum absolute atomic E-state index is 0.00577. The molecule has 1 aliphatic carbocycles. The molecule has 318 valence electrons. The molecule has 14 rings (SSSR count). The van der Waals surface area contributed by atoms with Gasteiger partial charge in [-0.05, 0) is 111 Å². The molecular formula is C62H43N3O2. The molecule has 0 N–H and O–H groups in total. The van der Waals surface area contributed by atoms with Crippen molar-refractivity contribution in [3.63, 3.8) is 0 Å². The number of furan rings is 2. The first-order valence-electron chi connectivity index (χ1n) is 23.4. The average Bonchev–Trinajstić information content (AvgIpc) is 4.04. The monoisotopic (exact) mass is 861 g/mol. The number of aliphatic imine (C=N–C) groups is 2. The summed E-state index contributed by atoms with van der Waals surface area (Å²) in [5.41, 5.74) is 11.0. The standard InChI is InChI=1S/C62H43N3O2/c1-36-23-28-51(45-27-30-57-58(37(45)2)46-19-9-11-21-55(46)66-57)63-62(64-60(36)44-25-24-38-13-3-4-14-39(38)31-44)48-26-29-52(61-59(48)47-20-10-12-22-56(47)67-61)65-53-34-42-17-7-5-15-40(42)32-49(53)50-33-41-16-6-8-18-43(41)35-54(50)65/h3-22,24-37,45H,23H2,1-2H3/b51-28+,63-62-,64-60+. The molecule has 9 aromatic carbocycles. The Bertz CT molecular complexity index is 4100. The van der Waals surface area contributed by atoms with Crippen LogP contribution in [0.5, 0.6) is 0 Å². The van der Waals surface area contributed by atoms with Crippen molar-refractivity contribution in [3.8, 4) is 5.69 Å². The molecule has 1 aliphatic heterocycles. The molecule has 0 saturated heterocycles. The molecule has 3 unspecified atom stereocenters. The van der Waals surface area contributed by atoms with Gasteiger partial charge in [0.25, 0.3) is 0 Å². The zero-order chi connectivity index (χ0) is 44.3. The zero-order valence-corrected chi connectivity index (χ0v) is 37.1. The fraction of sp³-hybridized carbons (Fsp3) is 0.0968. The van der Waals surface area contributed by atoms with Crippen LogP contribution in [-0.2, 0) is 0 Å². The molecule has 5 nitrogen and oxygen atoms in total. The topological polar surface area (TPSA) is 55.9 Å². The molecule has 5 heteroatoms. The summed E-state index contributed by atoms with van der Waals surface area (Å²) in [6, 6.07) is 63.2. The van der Waals surface area contributed by atoms with Gasteiger partial charge in [0, 0.05) is 55.6 Å². The van der Waals surface area contributed by atoms with Crippen LogP contribution in [0.25, 0.3) is 98.8 Å². The Kier molecular flexibility index (Phi) is 8.30. The maximum Gasteiger partial charge on any atom is 0.160 e. The van der Waals surface area contributed by atoms with Crippen LogP contribution in [0.4, 0.5) is 0 Å². The Morgan fingerprint density at radius 3 is 1.84 bits per heavy atom. The molecule has 12 aromatic rings. The van der Waals surface area contributed by atoms with Gasteiger partial charge in [0.2, 0.25) is 0 Å². The molecule has 4 heterocycles. The Labute approximate surface area is 386 Å². The largest absolute Gasteiger partial charge is 0.456 e. The van der Waals surface area contributed by atoms with Crippen molar-refractivity contribution in [2.45, 2.75) is 26.2 Å². The van der Waals surface area contributed by atoms with Crippen molar-refractivity contribution in [2.24, 2.45) is 21.8 Å². The van der Waals surface area contributed by atoms with E-state index < -0.39 is 0 Å². The van der Waals surface area contributed by atoms with E-state index in [9.17, 15) is 0 Å². The summed E-state index contributed by atoms with van der Waals surface area (Å²) >= 11 is 0. The van der Waals surface area contributed by atoms with Crippen LogP contribution in [-0.4, -0.2) is 16.1 Å². The summed E-state index contributed by atoms with van der Waals surface area (Å²) in [5, 5.41) is 12.8. The van der Waals surface area contributed by atoms with Gasteiger partial charge in [0.1, 0.15) is 16.9 Å². The minimum Gasteiger partial charge on any atom is -0.456 e. The van der Waals surface area contributed by atoms with Gasteiger partial charge in [-0.2, -0.15) is 0 Å². The van der Waals surface area contributed by atoms with Gasteiger partial charge in [0.05, 0.1) is 22.4 Å². The minimum atomic E-state index is 0.00577. The number of allylic oxidation sites excluding steroid dienone is 2. The summed E-state index contributed by atoms with van der Waals surface area (Å²) in [6.45, 7) is 4.61. The van der Waals surface area contributed by atoms with Crippen molar-refractivity contribution in [3.05, 3.63) is 216 Å². The molecule has 0 amide bonds. The molecule has 0 bridgehead atoms. The Morgan fingerprint density at radius 2 is 1.13 bits per heavy atom. The Balaban J connectivity index is 1.04. The van der Waals surface area contributed by atoms with E-state index in [2.05, 4.69) is 207 Å². The van der Waals surface area contributed by atoms with Crippen LogP contribution >= 0.6 is 0 Å². The number of nitrogens with zero attached hydrogens (tertiary/aromatic N) is 3. The van der Waals surface area contributed by atoms with Crippen LogP contribution in [0.15, 0.2) is 213 Å². The fourth-order valence-corrected chi connectivity index (χ4v) is 11.2. The van der Waals surface area contributed by atoms with Crippen molar-refractivity contribution in [1.29, 1.82) is 0 Å². The highest BCUT2D eigenvalue weighted by Crippen LogP contribution is 2.46. The molecule has 0 radical (unpaired) electrons. The van der Waals surface area contributed by atoms with Crippen molar-refractivity contribution in [2.75, 3.05) is 0 Å². The van der Waals surface area contributed by atoms with E-state index in [4.69, 9.17) is 18.8 Å². The lowest BCUT2D eigenvalue weighted by molar-refractivity contribution is 0.552. The summed E-state index contributed by atoms with van der Waals surface area (Å²) < 4.78 is 15.9. The molecule has 3 aromatic heterocycles. The molecular weight excluding hydrogens is 819 g/mol. The highest BCUT2D eigenvalue weighted by molar-refractivity contribution is 6.24. The van der Waals surface area contributed by atoms with Gasteiger partial charge in [-0.15, -0.1) is 0 Å². The van der Waals surface area contributed by atoms with Crippen molar-refractivity contribution in [1.82, 2.24) is 4.57 Å². The van der Waals surface area contributed by atoms with Gasteiger partial charge in [0.15, 0.2) is 11.4 Å². The highest BCUT2D eigenvalue weighted by Gasteiger charge is 2.32. The van der Waals surface area contributed by atoms with Crippen LogP contribution < -0.4 is 0 Å². The first-order valence-corrected chi connectivity index (χ1v) is 23.4. The Morgan fingerprint density at radius 1 is 0.537 bits per heavy atom. The Hall–Kier alpha value is -8.28. The fourth-order valence-electron chi connectivity index (χ4n) is 11.2. The zero-order valence-electron chi connectivity index (χ0n) is 37.1. The second-order valence-corrected chi connectivity index (χ2v) is 18.5. The van der Waals surface area contributed by atoms with E-state index in [1.807, 2.05) is 6.07 Å². The first-order chi connectivity index (χ1) is 33.0. The van der Waals surface area contributed by atoms with E-state index in [1.165, 1.54) is 48.7 Å². The predicted molar refractivity (Wildman–Crippen MR) is 279 cm³/mol. The molecule has 0 saturated carbocycles. The molecule has 67 heavy (non-hydrogen) atoms. The van der Waals surface area contributed by atoms with Crippen LogP contribution in [0.1, 0.15) is 48.6 Å². The molecule has 0 fully saturated rings. The van der Waals surface area contributed by atoms with E-state index in [0.29, 0.717) is 5.84 Å². The summed E-state index contributed by atoms with van der Waals surface area (Å²) in [5.74, 6) is 1.84. The third kappa shape index (κ3) is 5.87. The van der Waals surface area contributed by atoms with Crippen LogP contribution in [0.3, 0.4) is 0 Å². The van der Waals surface area contributed by atoms with Gasteiger partial charge >= 0.3 is 0 Å². The number of fused-ring (bicyclic) bond motifs is 12. The third-order valence-corrected chi connectivity index (χ3v) is 14.6. The van der Waals surface area contributed by atoms with Crippen LogP contribution in [0.2, 0.25) is 0 Å².